The minimum atomic E-state index is -0.146. The van der Waals surface area contributed by atoms with E-state index in [9.17, 15) is 4.79 Å². The van der Waals surface area contributed by atoms with Crippen molar-refractivity contribution < 1.29 is 4.79 Å². The van der Waals surface area contributed by atoms with Crippen LogP contribution in [0.1, 0.15) is 15.9 Å². The van der Waals surface area contributed by atoms with E-state index in [0.717, 1.165) is 22.6 Å². The van der Waals surface area contributed by atoms with Crippen molar-refractivity contribution in [1.82, 2.24) is 0 Å². The molecule has 0 heterocycles. The molecule has 110 valence electrons. The number of rotatable bonds is 4. The van der Waals surface area contributed by atoms with Crippen molar-refractivity contribution >= 4 is 23.0 Å². The van der Waals surface area contributed by atoms with Crippen molar-refractivity contribution in [3.63, 3.8) is 0 Å². The van der Waals surface area contributed by atoms with E-state index in [4.69, 9.17) is 5.84 Å². The van der Waals surface area contributed by atoms with Crippen LogP contribution < -0.4 is 21.5 Å². The summed E-state index contributed by atoms with van der Waals surface area (Å²) in [6.45, 7) is 2.04. The zero-order valence-electron chi connectivity index (χ0n) is 12.5. The molecule has 0 atom stereocenters. The lowest BCUT2D eigenvalue weighted by Gasteiger charge is -2.17. The van der Waals surface area contributed by atoms with Gasteiger partial charge in [-0.1, -0.05) is 6.07 Å². The number of hydrogen-bond acceptors (Lipinski definition) is 4. The zero-order chi connectivity index (χ0) is 15.4. The number of nitrogen functional groups attached to an aromatic ring is 1. The molecule has 0 aliphatic rings. The Morgan fingerprint density at radius 2 is 1.67 bits per heavy atom. The Bertz CT molecular complexity index is 635. The molecule has 0 aliphatic carbocycles. The largest absolute Gasteiger partial charge is 0.377 e. The Balaban J connectivity index is 2.17. The van der Waals surface area contributed by atoms with Gasteiger partial charge in [-0.3, -0.25) is 10.6 Å². The van der Waals surface area contributed by atoms with Crippen molar-refractivity contribution in [1.29, 1.82) is 0 Å². The molecule has 2 aromatic rings. The fourth-order valence-corrected chi connectivity index (χ4v) is 2.09. The number of nitrogens with one attached hydrogen (secondary N) is 2. The maximum Gasteiger partial charge on any atom is 0.255 e. The number of hydrogen-bond donors (Lipinski definition) is 3. The highest BCUT2D eigenvalue weighted by Crippen LogP contribution is 2.23. The number of carbonyl (C=O) groups is 1. The molecular weight excluding hydrogens is 264 g/mol. The van der Waals surface area contributed by atoms with Crippen LogP contribution in [0.2, 0.25) is 0 Å². The minimum absolute atomic E-state index is 0.146. The quantitative estimate of drug-likeness (QED) is 0.596. The summed E-state index contributed by atoms with van der Waals surface area (Å²) < 4.78 is 0. The SMILES string of the molecule is Cc1ccc(NC(=O)c2ccc(NN)cc2)cc1N(C)C. The molecule has 5 nitrogen and oxygen atoms in total. The van der Waals surface area contributed by atoms with E-state index >= 15 is 0 Å². The van der Waals surface area contributed by atoms with Crippen LogP contribution in [0.5, 0.6) is 0 Å². The lowest BCUT2D eigenvalue weighted by atomic mass is 10.1. The standard InChI is InChI=1S/C16H20N4O/c1-11-4-7-14(10-15(11)20(2)3)18-16(21)12-5-8-13(19-17)9-6-12/h4-10,19H,17H2,1-3H3,(H,18,21). The van der Waals surface area contributed by atoms with Crippen molar-refractivity contribution in [2.45, 2.75) is 6.92 Å². The third-order valence-corrected chi connectivity index (χ3v) is 3.26. The molecule has 0 spiro atoms. The van der Waals surface area contributed by atoms with Crippen LogP contribution in [0.25, 0.3) is 0 Å². The summed E-state index contributed by atoms with van der Waals surface area (Å²) in [5.74, 6) is 5.16. The van der Waals surface area contributed by atoms with Gasteiger partial charge in [0.1, 0.15) is 0 Å². The van der Waals surface area contributed by atoms with Gasteiger partial charge in [0, 0.05) is 36.7 Å². The fraction of sp³-hybridized carbons (Fsp3) is 0.188. The van der Waals surface area contributed by atoms with Crippen LogP contribution in [0.15, 0.2) is 42.5 Å². The lowest BCUT2D eigenvalue weighted by molar-refractivity contribution is 0.102. The molecular formula is C16H20N4O. The highest BCUT2D eigenvalue weighted by molar-refractivity contribution is 6.04. The van der Waals surface area contributed by atoms with E-state index in [2.05, 4.69) is 10.7 Å². The fourth-order valence-electron chi connectivity index (χ4n) is 2.09. The molecule has 0 aromatic heterocycles. The van der Waals surface area contributed by atoms with E-state index in [1.54, 1.807) is 24.3 Å². The maximum absolute atomic E-state index is 12.2. The number of nitrogens with two attached hydrogens (primary N) is 1. The summed E-state index contributed by atoms with van der Waals surface area (Å²) >= 11 is 0. The van der Waals surface area contributed by atoms with Gasteiger partial charge in [-0.15, -0.1) is 0 Å². The van der Waals surface area contributed by atoms with Crippen molar-refractivity contribution in [3.8, 4) is 0 Å². The first-order valence-electron chi connectivity index (χ1n) is 6.67. The maximum atomic E-state index is 12.2. The van der Waals surface area contributed by atoms with Gasteiger partial charge in [0.05, 0.1) is 0 Å². The van der Waals surface area contributed by atoms with Crippen LogP contribution in [0.4, 0.5) is 17.1 Å². The molecule has 0 bridgehead atoms. The molecule has 2 aromatic carbocycles. The van der Waals surface area contributed by atoms with E-state index in [-0.39, 0.29) is 5.91 Å². The summed E-state index contributed by atoms with van der Waals surface area (Å²) in [5.41, 5.74) is 6.89. The second-order valence-electron chi connectivity index (χ2n) is 5.07. The molecule has 5 heteroatoms. The summed E-state index contributed by atoms with van der Waals surface area (Å²) in [7, 11) is 3.96. The minimum Gasteiger partial charge on any atom is -0.377 e. The number of aryl methyl sites for hydroxylation is 1. The first-order chi connectivity index (χ1) is 10.0. The summed E-state index contributed by atoms with van der Waals surface area (Å²) in [4.78, 5) is 14.2. The number of benzene rings is 2. The Hall–Kier alpha value is -2.53. The third kappa shape index (κ3) is 3.52. The number of nitrogens with zero attached hydrogens (tertiary/aromatic N) is 1. The smallest absolute Gasteiger partial charge is 0.255 e. The van der Waals surface area contributed by atoms with Gasteiger partial charge in [-0.25, -0.2) is 0 Å². The molecule has 21 heavy (non-hydrogen) atoms. The molecule has 0 radical (unpaired) electrons. The van der Waals surface area contributed by atoms with E-state index in [1.165, 1.54) is 0 Å². The summed E-state index contributed by atoms with van der Waals surface area (Å²) in [6, 6.07) is 12.8. The lowest BCUT2D eigenvalue weighted by Crippen LogP contribution is -2.14. The number of anilines is 3. The number of hydrazine groups is 1. The van der Waals surface area contributed by atoms with Gasteiger partial charge in [0.15, 0.2) is 0 Å². The summed E-state index contributed by atoms with van der Waals surface area (Å²) in [5, 5.41) is 2.90. The van der Waals surface area contributed by atoms with Crippen molar-refractivity contribution in [2.24, 2.45) is 5.84 Å². The van der Waals surface area contributed by atoms with Gasteiger partial charge >= 0.3 is 0 Å². The number of carbonyl (C=O) groups excluding carboxylic acids is 1. The molecule has 0 saturated carbocycles. The van der Waals surface area contributed by atoms with Gasteiger partial charge in [0.25, 0.3) is 5.91 Å². The first-order valence-corrected chi connectivity index (χ1v) is 6.67. The van der Waals surface area contributed by atoms with Crippen LogP contribution in [0, 0.1) is 6.92 Å². The van der Waals surface area contributed by atoms with Crippen LogP contribution >= 0.6 is 0 Å². The first kappa shape index (κ1) is 14.9. The topological polar surface area (TPSA) is 70.4 Å². The highest BCUT2D eigenvalue weighted by atomic mass is 16.1. The molecule has 4 N–H and O–H groups in total. The average Bonchev–Trinajstić information content (AvgIpc) is 2.49. The Labute approximate surface area is 124 Å². The van der Waals surface area contributed by atoms with Crippen molar-refractivity contribution in [2.75, 3.05) is 29.7 Å². The molecule has 0 saturated heterocycles. The molecule has 1 amide bonds. The molecule has 0 unspecified atom stereocenters. The molecule has 0 aliphatic heterocycles. The van der Waals surface area contributed by atoms with E-state index in [1.807, 2.05) is 44.1 Å². The van der Waals surface area contributed by atoms with Gasteiger partial charge in [-0.2, -0.15) is 0 Å². The van der Waals surface area contributed by atoms with Crippen LogP contribution in [-0.2, 0) is 0 Å². The Morgan fingerprint density at radius 1 is 1.05 bits per heavy atom. The third-order valence-electron chi connectivity index (χ3n) is 3.26. The number of amides is 1. The monoisotopic (exact) mass is 284 g/mol. The van der Waals surface area contributed by atoms with Crippen molar-refractivity contribution in [3.05, 3.63) is 53.6 Å². The predicted molar refractivity (Wildman–Crippen MR) is 87.7 cm³/mol. The molecule has 2 rings (SSSR count). The second kappa shape index (κ2) is 6.28. The average molecular weight is 284 g/mol. The zero-order valence-corrected chi connectivity index (χ0v) is 12.5. The molecule has 0 fully saturated rings. The normalized spacial score (nSPS) is 10.1. The Kier molecular flexibility index (Phi) is 4.45. The van der Waals surface area contributed by atoms with E-state index in [0.29, 0.717) is 5.56 Å². The van der Waals surface area contributed by atoms with Gasteiger partial charge in [-0.05, 0) is 48.9 Å². The summed E-state index contributed by atoms with van der Waals surface area (Å²) in [6.07, 6.45) is 0. The van der Waals surface area contributed by atoms with Gasteiger partial charge < -0.3 is 15.6 Å². The highest BCUT2D eigenvalue weighted by Gasteiger charge is 2.08. The van der Waals surface area contributed by atoms with Gasteiger partial charge in [0.2, 0.25) is 0 Å². The Morgan fingerprint density at radius 3 is 2.24 bits per heavy atom. The van der Waals surface area contributed by atoms with E-state index < -0.39 is 0 Å². The van der Waals surface area contributed by atoms with Crippen LogP contribution in [0.3, 0.4) is 0 Å². The second-order valence-corrected chi connectivity index (χ2v) is 5.07. The predicted octanol–water partition coefficient (Wildman–Crippen LogP) is 2.60. The van der Waals surface area contributed by atoms with Crippen LogP contribution in [-0.4, -0.2) is 20.0 Å².